The van der Waals surface area contributed by atoms with Gasteiger partial charge >= 0.3 is 5.97 Å². The van der Waals surface area contributed by atoms with Gasteiger partial charge < -0.3 is 4.74 Å². The van der Waals surface area contributed by atoms with Crippen LogP contribution in [-0.2, 0) is 9.53 Å². The number of esters is 1. The first-order chi connectivity index (χ1) is 5.56. The van der Waals surface area contributed by atoms with Crippen LogP contribution in [0.5, 0.6) is 0 Å². The molecule has 0 saturated carbocycles. The Kier molecular flexibility index (Phi) is 5.77. The van der Waals surface area contributed by atoms with E-state index in [0.29, 0.717) is 12.3 Å². The summed E-state index contributed by atoms with van der Waals surface area (Å²) in [5.74, 6) is 0.331. The Hall–Kier alpha value is -0.530. The summed E-state index contributed by atoms with van der Waals surface area (Å²) < 4.78 is 5.16. The van der Waals surface area contributed by atoms with Crippen molar-refractivity contribution < 1.29 is 9.53 Å². The molecule has 0 aromatic rings. The first-order valence-electron chi connectivity index (χ1n) is 4.75. The van der Waals surface area contributed by atoms with Crippen LogP contribution in [0.4, 0.5) is 0 Å². The summed E-state index contributed by atoms with van der Waals surface area (Å²) in [5.41, 5.74) is 0. The highest BCUT2D eigenvalue weighted by molar-refractivity contribution is 5.69. The third-order valence-electron chi connectivity index (χ3n) is 1.60. The summed E-state index contributed by atoms with van der Waals surface area (Å²) in [6, 6.07) is 0. The minimum atomic E-state index is -0.0639. The Balaban J connectivity index is 3.54. The SMILES string of the molecule is CCC[C@H](C)OC(=O)CC(C)C. The number of carbonyl (C=O) groups is 1. The lowest BCUT2D eigenvalue weighted by atomic mass is 10.1. The van der Waals surface area contributed by atoms with E-state index in [1.807, 2.05) is 20.8 Å². The van der Waals surface area contributed by atoms with Gasteiger partial charge in [-0.15, -0.1) is 0 Å². The van der Waals surface area contributed by atoms with Crippen LogP contribution in [0.15, 0.2) is 0 Å². The molecule has 0 radical (unpaired) electrons. The molecule has 0 aromatic carbocycles. The monoisotopic (exact) mass is 172 g/mol. The zero-order chi connectivity index (χ0) is 9.56. The maximum Gasteiger partial charge on any atom is 0.306 e. The molecule has 0 spiro atoms. The molecule has 0 N–H and O–H groups in total. The molecule has 0 heterocycles. The van der Waals surface area contributed by atoms with E-state index < -0.39 is 0 Å². The van der Waals surface area contributed by atoms with Crippen LogP contribution in [0.3, 0.4) is 0 Å². The third-order valence-corrected chi connectivity index (χ3v) is 1.60. The second-order valence-electron chi connectivity index (χ2n) is 3.69. The number of carbonyl (C=O) groups excluding carboxylic acids is 1. The minimum Gasteiger partial charge on any atom is -0.463 e. The average Bonchev–Trinajstić information content (AvgIpc) is 1.84. The fourth-order valence-electron chi connectivity index (χ4n) is 1.07. The van der Waals surface area contributed by atoms with Gasteiger partial charge in [0.05, 0.1) is 6.10 Å². The normalized spacial score (nSPS) is 13.1. The average molecular weight is 172 g/mol. The standard InChI is InChI=1S/C10H20O2/c1-5-6-9(4)12-10(11)7-8(2)3/h8-9H,5-7H2,1-4H3/t9-/m0/s1. The summed E-state index contributed by atoms with van der Waals surface area (Å²) in [6.07, 6.45) is 2.65. The molecular formula is C10H20O2. The van der Waals surface area contributed by atoms with Crippen molar-refractivity contribution in [3.63, 3.8) is 0 Å². The van der Waals surface area contributed by atoms with E-state index >= 15 is 0 Å². The largest absolute Gasteiger partial charge is 0.463 e. The van der Waals surface area contributed by atoms with Gasteiger partial charge in [-0.25, -0.2) is 0 Å². The quantitative estimate of drug-likeness (QED) is 0.596. The molecule has 0 aliphatic heterocycles. The van der Waals surface area contributed by atoms with Gasteiger partial charge in [-0.3, -0.25) is 4.79 Å². The second-order valence-corrected chi connectivity index (χ2v) is 3.69. The predicted molar refractivity (Wildman–Crippen MR) is 49.9 cm³/mol. The number of hydrogen-bond acceptors (Lipinski definition) is 2. The molecule has 0 unspecified atom stereocenters. The van der Waals surface area contributed by atoms with Crippen molar-refractivity contribution in [3.05, 3.63) is 0 Å². The Morgan fingerprint density at radius 1 is 1.33 bits per heavy atom. The van der Waals surface area contributed by atoms with Crippen molar-refractivity contribution in [1.29, 1.82) is 0 Å². The summed E-state index contributed by atoms with van der Waals surface area (Å²) >= 11 is 0. The van der Waals surface area contributed by atoms with Crippen LogP contribution in [0.1, 0.15) is 47.0 Å². The summed E-state index contributed by atoms with van der Waals surface area (Å²) in [5, 5.41) is 0. The van der Waals surface area contributed by atoms with Crippen molar-refractivity contribution in [1.82, 2.24) is 0 Å². The van der Waals surface area contributed by atoms with Crippen molar-refractivity contribution in [2.45, 2.75) is 53.1 Å². The van der Waals surface area contributed by atoms with Crippen molar-refractivity contribution in [2.24, 2.45) is 5.92 Å². The number of ether oxygens (including phenoxy) is 1. The molecule has 2 heteroatoms. The molecule has 0 bridgehead atoms. The first-order valence-corrected chi connectivity index (χ1v) is 4.75. The van der Waals surface area contributed by atoms with Crippen LogP contribution < -0.4 is 0 Å². The van der Waals surface area contributed by atoms with Crippen LogP contribution >= 0.6 is 0 Å². The van der Waals surface area contributed by atoms with Gasteiger partial charge in [-0.1, -0.05) is 27.2 Å². The molecule has 0 fully saturated rings. The highest BCUT2D eigenvalue weighted by atomic mass is 16.5. The smallest absolute Gasteiger partial charge is 0.306 e. The molecule has 2 nitrogen and oxygen atoms in total. The molecule has 0 aliphatic rings. The highest BCUT2D eigenvalue weighted by Crippen LogP contribution is 2.06. The number of rotatable bonds is 5. The van der Waals surface area contributed by atoms with Gasteiger partial charge in [-0.2, -0.15) is 0 Å². The molecule has 0 amide bonds. The van der Waals surface area contributed by atoms with Gasteiger partial charge in [0.15, 0.2) is 0 Å². The maximum atomic E-state index is 11.1. The Morgan fingerprint density at radius 2 is 1.92 bits per heavy atom. The molecule has 0 saturated heterocycles. The van der Waals surface area contributed by atoms with Gasteiger partial charge in [-0.05, 0) is 19.3 Å². The molecule has 0 aliphatic carbocycles. The fourth-order valence-corrected chi connectivity index (χ4v) is 1.07. The van der Waals surface area contributed by atoms with Gasteiger partial charge in [0.2, 0.25) is 0 Å². The predicted octanol–water partition coefficient (Wildman–Crippen LogP) is 2.76. The van der Waals surface area contributed by atoms with Crippen LogP contribution in [0.2, 0.25) is 0 Å². The van der Waals surface area contributed by atoms with E-state index in [9.17, 15) is 4.79 Å². The lowest BCUT2D eigenvalue weighted by Gasteiger charge is -2.12. The zero-order valence-electron chi connectivity index (χ0n) is 8.59. The molecule has 1 atom stereocenters. The summed E-state index contributed by atoms with van der Waals surface area (Å²) in [7, 11) is 0. The lowest BCUT2D eigenvalue weighted by Crippen LogP contribution is -2.15. The van der Waals surface area contributed by atoms with Crippen molar-refractivity contribution >= 4 is 5.97 Å². The summed E-state index contributed by atoms with van der Waals surface area (Å²) in [6.45, 7) is 8.08. The van der Waals surface area contributed by atoms with E-state index in [-0.39, 0.29) is 12.1 Å². The third kappa shape index (κ3) is 6.20. The Morgan fingerprint density at radius 3 is 2.33 bits per heavy atom. The van der Waals surface area contributed by atoms with Crippen molar-refractivity contribution in [2.75, 3.05) is 0 Å². The highest BCUT2D eigenvalue weighted by Gasteiger charge is 2.09. The van der Waals surface area contributed by atoms with Crippen LogP contribution in [-0.4, -0.2) is 12.1 Å². The first kappa shape index (κ1) is 11.5. The van der Waals surface area contributed by atoms with Gasteiger partial charge in [0.25, 0.3) is 0 Å². The maximum absolute atomic E-state index is 11.1. The molecule has 0 rings (SSSR count). The summed E-state index contributed by atoms with van der Waals surface area (Å²) in [4.78, 5) is 11.1. The lowest BCUT2D eigenvalue weighted by molar-refractivity contribution is -0.149. The number of hydrogen-bond donors (Lipinski definition) is 0. The Bertz CT molecular complexity index is 130. The van der Waals surface area contributed by atoms with E-state index in [1.165, 1.54) is 0 Å². The fraction of sp³-hybridized carbons (Fsp3) is 0.900. The topological polar surface area (TPSA) is 26.3 Å². The van der Waals surface area contributed by atoms with Gasteiger partial charge in [0, 0.05) is 6.42 Å². The van der Waals surface area contributed by atoms with E-state index in [1.54, 1.807) is 0 Å². The van der Waals surface area contributed by atoms with E-state index in [0.717, 1.165) is 12.8 Å². The van der Waals surface area contributed by atoms with Crippen molar-refractivity contribution in [3.8, 4) is 0 Å². The van der Waals surface area contributed by atoms with E-state index in [2.05, 4.69) is 6.92 Å². The molecular weight excluding hydrogens is 152 g/mol. The molecule has 0 aromatic heterocycles. The van der Waals surface area contributed by atoms with Crippen LogP contribution in [0.25, 0.3) is 0 Å². The second kappa shape index (κ2) is 6.04. The molecule has 12 heavy (non-hydrogen) atoms. The van der Waals surface area contributed by atoms with Crippen LogP contribution in [0, 0.1) is 5.92 Å². The zero-order valence-corrected chi connectivity index (χ0v) is 8.59. The van der Waals surface area contributed by atoms with Gasteiger partial charge in [0.1, 0.15) is 0 Å². The Labute approximate surface area is 75.3 Å². The molecule has 72 valence electrons. The van der Waals surface area contributed by atoms with E-state index in [4.69, 9.17) is 4.74 Å². The minimum absolute atomic E-state index is 0.0639.